The summed E-state index contributed by atoms with van der Waals surface area (Å²) < 4.78 is 51.3. The maximum atomic E-state index is 11.9. The van der Waals surface area contributed by atoms with Gasteiger partial charge in [0.05, 0.1) is 6.26 Å². The lowest BCUT2D eigenvalue weighted by molar-refractivity contribution is 0.581. The molecule has 0 saturated heterocycles. The van der Waals surface area contributed by atoms with Crippen LogP contribution in [0.4, 0.5) is 5.69 Å². The lowest BCUT2D eigenvalue weighted by Crippen LogP contribution is -2.24. The first-order chi connectivity index (χ1) is 10.8. The predicted molar refractivity (Wildman–Crippen MR) is 92.7 cm³/mol. The smallest absolute Gasteiger partial charge is 0.250 e. The zero-order valence-corrected chi connectivity index (χ0v) is 15.0. The molecule has 0 aliphatic carbocycles. The third kappa shape index (κ3) is 5.94. The molecule has 2 aromatic rings. The highest BCUT2D eigenvalue weighted by atomic mass is 32.2. The Morgan fingerprint density at radius 1 is 1.04 bits per heavy atom. The number of hydrogen-bond acceptors (Lipinski definition) is 5. The van der Waals surface area contributed by atoms with E-state index in [1.165, 1.54) is 11.3 Å². The van der Waals surface area contributed by atoms with Gasteiger partial charge in [-0.15, -0.1) is 11.3 Å². The van der Waals surface area contributed by atoms with Crippen LogP contribution in [-0.2, 0) is 26.5 Å². The van der Waals surface area contributed by atoms with Crippen LogP contribution in [0.15, 0.2) is 46.0 Å². The Labute approximate surface area is 140 Å². The third-order valence-corrected chi connectivity index (χ3v) is 6.42. The fraction of sp³-hybridized carbons (Fsp3) is 0.286. The van der Waals surface area contributed by atoms with Gasteiger partial charge >= 0.3 is 0 Å². The van der Waals surface area contributed by atoms with Crippen LogP contribution in [-0.4, -0.2) is 29.6 Å². The molecule has 0 radical (unpaired) electrons. The lowest BCUT2D eigenvalue weighted by Gasteiger charge is -2.07. The van der Waals surface area contributed by atoms with Crippen LogP contribution < -0.4 is 9.44 Å². The van der Waals surface area contributed by atoms with Crippen LogP contribution in [0.3, 0.4) is 0 Å². The minimum Gasteiger partial charge on any atom is -0.284 e. The largest absolute Gasteiger partial charge is 0.284 e. The number of anilines is 1. The summed E-state index contributed by atoms with van der Waals surface area (Å²) >= 11 is 1.18. The van der Waals surface area contributed by atoms with Crippen LogP contribution in [0.1, 0.15) is 12.0 Å². The predicted octanol–water partition coefficient (Wildman–Crippen LogP) is 2.03. The van der Waals surface area contributed by atoms with Gasteiger partial charge in [-0.25, -0.2) is 21.6 Å². The first kappa shape index (κ1) is 17.9. The van der Waals surface area contributed by atoms with Crippen LogP contribution in [0.2, 0.25) is 0 Å². The van der Waals surface area contributed by atoms with Crippen molar-refractivity contribution in [3.63, 3.8) is 0 Å². The van der Waals surface area contributed by atoms with Gasteiger partial charge in [-0.1, -0.05) is 18.2 Å². The van der Waals surface area contributed by atoms with Crippen molar-refractivity contribution in [2.75, 3.05) is 17.5 Å². The molecule has 9 heteroatoms. The zero-order chi connectivity index (χ0) is 16.9. The highest BCUT2D eigenvalue weighted by Gasteiger charge is 2.13. The van der Waals surface area contributed by atoms with Crippen molar-refractivity contribution in [2.24, 2.45) is 0 Å². The molecule has 1 aromatic heterocycles. The van der Waals surface area contributed by atoms with E-state index in [-0.39, 0.29) is 0 Å². The fourth-order valence-corrected chi connectivity index (χ4v) is 4.62. The van der Waals surface area contributed by atoms with E-state index in [2.05, 4.69) is 9.44 Å². The first-order valence-electron chi connectivity index (χ1n) is 6.86. The maximum Gasteiger partial charge on any atom is 0.250 e. The minimum absolute atomic E-state index is 0.314. The number of sulfonamides is 2. The van der Waals surface area contributed by atoms with Crippen LogP contribution in [0, 0.1) is 0 Å². The molecule has 0 fully saturated rings. The Morgan fingerprint density at radius 3 is 2.30 bits per heavy atom. The normalized spacial score (nSPS) is 12.2. The molecule has 0 bridgehead atoms. The molecular formula is C14H18N2O4S3. The molecule has 0 saturated carbocycles. The van der Waals surface area contributed by atoms with Crippen molar-refractivity contribution in [3.05, 3.63) is 47.3 Å². The number of hydrogen-bond donors (Lipinski definition) is 2. The molecule has 0 spiro atoms. The summed E-state index contributed by atoms with van der Waals surface area (Å²) in [4.78, 5) is 0. The van der Waals surface area contributed by atoms with Crippen LogP contribution >= 0.6 is 11.3 Å². The quantitative estimate of drug-likeness (QED) is 0.692. The summed E-state index contributed by atoms with van der Waals surface area (Å²) in [6.45, 7) is 0.351. The molecule has 23 heavy (non-hydrogen) atoms. The summed E-state index contributed by atoms with van der Waals surface area (Å²) in [6, 6.07) is 10.3. The van der Waals surface area contributed by atoms with Crippen molar-refractivity contribution in [3.8, 4) is 0 Å². The molecule has 0 atom stereocenters. The maximum absolute atomic E-state index is 11.9. The standard InChI is InChI=1S/C14H18N2O4S3/c1-22(17,18)16-13-8-6-12(7-9-13)4-2-10-15-23(19,20)14-5-3-11-21-14/h3,5-9,11,15-16H,2,4,10H2,1H3. The van der Waals surface area contributed by atoms with Crippen molar-refractivity contribution in [1.82, 2.24) is 4.72 Å². The van der Waals surface area contributed by atoms with Gasteiger partial charge in [0.1, 0.15) is 4.21 Å². The monoisotopic (exact) mass is 374 g/mol. The summed E-state index contributed by atoms with van der Waals surface area (Å²) in [6.07, 6.45) is 2.45. The molecule has 0 amide bonds. The average molecular weight is 375 g/mol. The van der Waals surface area contributed by atoms with E-state index >= 15 is 0 Å². The molecular weight excluding hydrogens is 356 g/mol. The second-order valence-corrected chi connectivity index (χ2v) is 9.69. The molecule has 0 aliphatic rings. The molecule has 1 heterocycles. The summed E-state index contributed by atoms with van der Waals surface area (Å²) in [5.41, 5.74) is 1.52. The van der Waals surface area contributed by atoms with E-state index in [9.17, 15) is 16.8 Å². The second-order valence-electron chi connectivity index (χ2n) is 5.00. The Bertz CT molecular complexity index is 827. The van der Waals surface area contributed by atoms with Gasteiger partial charge in [-0.2, -0.15) is 0 Å². The van der Waals surface area contributed by atoms with Gasteiger partial charge in [0.15, 0.2) is 0 Å². The van der Waals surface area contributed by atoms with E-state index in [0.29, 0.717) is 29.3 Å². The number of nitrogens with one attached hydrogen (secondary N) is 2. The van der Waals surface area contributed by atoms with Gasteiger partial charge in [0.2, 0.25) is 20.0 Å². The van der Waals surface area contributed by atoms with E-state index in [1.807, 2.05) is 12.1 Å². The van der Waals surface area contributed by atoms with Gasteiger partial charge in [0.25, 0.3) is 0 Å². The van der Waals surface area contributed by atoms with E-state index < -0.39 is 20.0 Å². The zero-order valence-electron chi connectivity index (χ0n) is 12.5. The van der Waals surface area contributed by atoms with Crippen molar-refractivity contribution >= 4 is 37.1 Å². The summed E-state index contributed by atoms with van der Waals surface area (Å²) in [7, 11) is -6.68. The van der Waals surface area contributed by atoms with Gasteiger partial charge < -0.3 is 0 Å². The van der Waals surface area contributed by atoms with Crippen molar-refractivity contribution in [2.45, 2.75) is 17.1 Å². The molecule has 0 aliphatic heterocycles. The highest BCUT2D eigenvalue weighted by molar-refractivity contribution is 7.92. The molecule has 2 rings (SSSR count). The summed E-state index contributed by atoms with van der Waals surface area (Å²) in [5, 5.41) is 1.72. The Balaban J connectivity index is 1.81. The van der Waals surface area contributed by atoms with E-state index in [4.69, 9.17) is 0 Å². The minimum atomic E-state index is -3.41. The van der Waals surface area contributed by atoms with Crippen LogP contribution in [0.25, 0.3) is 0 Å². The number of thiophene rings is 1. The molecule has 2 N–H and O–H groups in total. The summed E-state index contributed by atoms with van der Waals surface area (Å²) in [5.74, 6) is 0. The van der Waals surface area contributed by atoms with Crippen LogP contribution in [0.5, 0.6) is 0 Å². The van der Waals surface area contributed by atoms with E-state index in [1.54, 1.807) is 29.6 Å². The topological polar surface area (TPSA) is 92.3 Å². The Kier molecular flexibility index (Phi) is 5.79. The highest BCUT2D eigenvalue weighted by Crippen LogP contribution is 2.15. The van der Waals surface area contributed by atoms with Crippen molar-refractivity contribution in [1.29, 1.82) is 0 Å². The lowest BCUT2D eigenvalue weighted by atomic mass is 10.1. The molecule has 0 unspecified atom stereocenters. The Hall–Kier alpha value is -1.42. The SMILES string of the molecule is CS(=O)(=O)Nc1ccc(CCCNS(=O)(=O)c2cccs2)cc1. The number of rotatable bonds is 8. The number of aryl methyl sites for hydroxylation is 1. The van der Waals surface area contributed by atoms with Gasteiger partial charge in [-0.05, 0) is 42.0 Å². The second kappa shape index (κ2) is 7.43. The van der Waals surface area contributed by atoms with Gasteiger partial charge in [-0.3, -0.25) is 4.72 Å². The third-order valence-electron chi connectivity index (χ3n) is 2.95. The molecule has 1 aromatic carbocycles. The average Bonchev–Trinajstić information content (AvgIpc) is 2.99. The first-order valence-corrected chi connectivity index (χ1v) is 11.1. The fourth-order valence-electron chi connectivity index (χ4n) is 1.94. The molecule has 6 nitrogen and oxygen atoms in total. The number of benzene rings is 1. The van der Waals surface area contributed by atoms with E-state index in [0.717, 1.165) is 11.8 Å². The van der Waals surface area contributed by atoms with Gasteiger partial charge in [0, 0.05) is 12.2 Å². The Morgan fingerprint density at radius 2 is 1.74 bits per heavy atom. The van der Waals surface area contributed by atoms with Crippen molar-refractivity contribution < 1.29 is 16.8 Å². The molecule has 126 valence electrons.